The van der Waals surface area contributed by atoms with Crippen molar-refractivity contribution in [1.82, 2.24) is 4.72 Å². The Labute approximate surface area is 116 Å². The molecule has 0 aliphatic carbocycles. The van der Waals surface area contributed by atoms with Gasteiger partial charge in [-0.1, -0.05) is 11.6 Å². The maximum absolute atomic E-state index is 11.5. The molecule has 1 rings (SSSR count). The molecule has 4 nitrogen and oxygen atoms in total. The summed E-state index contributed by atoms with van der Waals surface area (Å²) in [6.07, 6.45) is 0. The van der Waals surface area contributed by atoms with E-state index in [9.17, 15) is 8.42 Å². The fourth-order valence-corrected chi connectivity index (χ4v) is 2.13. The Kier molecular flexibility index (Phi) is 6.17. The van der Waals surface area contributed by atoms with Crippen molar-refractivity contribution in [3.8, 4) is 5.75 Å². The molecule has 0 saturated carbocycles. The minimum atomic E-state index is -3.52. The Bertz CT molecular complexity index is 436. The summed E-state index contributed by atoms with van der Waals surface area (Å²) in [4.78, 5) is 0.0370. The number of sulfonamides is 1. The summed E-state index contributed by atoms with van der Waals surface area (Å²) < 4.78 is 30.1. The standard InChI is InChI=1S/C8H10ClNO3S.Na.H/c1-10-14(11,12)8-5-6(9)3-4-7(8)13-2;;/h3-5,10H,1-2H3;;. The molecule has 0 aliphatic heterocycles. The average molecular weight is 260 g/mol. The van der Waals surface area contributed by atoms with Gasteiger partial charge < -0.3 is 4.74 Å². The summed E-state index contributed by atoms with van der Waals surface area (Å²) >= 11 is 5.69. The van der Waals surface area contributed by atoms with Crippen LogP contribution < -0.4 is 9.46 Å². The number of ether oxygens (including phenoxy) is 1. The molecule has 0 aromatic heterocycles. The molecule has 0 radical (unpaired) electrons. The molecular weight excluding hydrogens is 249 g/mol. The third-order valence-electron chi connectivity index (χ3n) is 1.68. The molecule has 7 heteroatoms. The summed E-state index contributed by atoms with van der Waals surface area (Å²) in [7, 11) is -0.793. The molecule has 0 spiro atoms. The summed E-state index contributed by atoms with van der Waals surface area (Å²) in [5.41, 5.74) is 0. The van der Waals surface area contributed by atoms with Crippen LogP contribution in [-0.4, -0.2) is 52.1 Å². The maximum atomic E-state index is 11.5. The minimum absolute atomic E-state index is 0. The normalized spacial score (nSPS) is 10.6. The molecule has 0 fully saturated rings. The molecule has 1 aromatic carbocycles. The van der Waals surface area contributed by atoms with Gasteiger partial charge >= 0.3 is 29.6 Å². The predicted octanol–water partition coefficient (Wildman–Crippen LogP) is 0.608. The first-order chi connectivity index (χ1) is 6.51. The first-order valence-corrected chi connectivity index (χ1v) is 5.64. The fourth-order valence-electron chi connectivity index (χ4n) is 0.971. The molecule has 0 bridgehead atoms. The Balaban J connectivity index is 0.00000196. The van der Waals surface area contributed by atoms with Gasteiger partial charge in [-0.2, -0.15) is 0 Å². The van der Waals surface area contributed by atoms with Crippen LogP contribution in [0, 0.1) is 0 Å². The number of methoxy groups -OCH3 is 1. The second-order valence-electron chi connectivity index (χ2n) is 2.50. The van der Waals surface area contributed by atoms with Crippen molar-refractivity contribution in [2.75, 3.05) is 14.2 Å². The van der Waals surface area contributed by atoms with Crippen LogP contribution in [0.25, 0.3) is 0 Å². The summed E-state index contributed by atoms with van der Waals surface area (Å²) in [5, 5.41) is 0.347. The van der Waals surface area contributed by atoms with Crippen LogP contribution in [0.2, 0.25) is 5.02 Å². The number of hydrogen-bond donors (Lipinski definition) is 1. The van der Waals surface area contributed by atoms with E-state index in [1.54, 1.807) is 6.07 Å². The average Bonchev–Trinajstić information content (AvgIpc) is 2.18. The zero-order valence-electron chi connectivity index (χ0n) is 7.74. The Morgan fingerprint density at radius 1 is 1.40 bits per heavy atom. The van der Waals surface area contributed by atoms with E-state index in [-0.39, 0.29) is 40.2 Å². The van der Waals surface area contributed by atoms with E-state index in [1.165, 1.54) is 26.3 Å². The van der Waals surface area contributed by atoms with Crippen molar-refractivity contribution in [2.45, 2.75) is 4.90 Å². The Morgan fingerprint density at radius 2 is 2.00 bits per heavy atom. The third kappa shape index (κ3) is 3.62. The van der Waals surface area contributed by atoms with Crippen LogP contribution >= 0.6 is 11.6 Å². The van der Waals surface area contributed by atoms with E-state index < -0.39 is 10.0 Å². The number of halogens is 1. The number of hydrogen-bond acceptors (Lipinski definition) is 3. The second kappa shape index (κ2) is 6.08. The van der Waals surface area contributed by atoms with Gasteiger partial charge in [-0.15, -0.1) is 0 Å². The van der Waals surface area contributed by atoms with E-state index in [2.05, 4.69) is 4.72 Å². The van der Waals surface area contributed by atoms with Crippen molar-refractivity contribution in [1.29, 1.82) is 0 Å². The molecule has 0 unspecified atom stereocenters. The molecule has 1 aromatic rings. The number of nitrogens with one attached hydrogen (secondary N) is 1. The summed E-state index contributed by atoms with van der Waals surface area (Å²) in [6, 6.07) is 4.41. The third-order valence-corrected chi connectivity index (χ3v) is 3.35. The van der Waals surface area contributed by atoms with Crippen molar-refractivity contribution < 1.29 is 13.2 Å². The van der Waals surface area contributed by atoms with Crippen LogP contribution in [0.4, 0.5) is 0 Å². The van der Waals surface area contributed by atoms with Gasteiger partial charge in [-0.25, -0.2) is 13.1 Å². The zero-order valence-corrected chi connectivity index (χ0v) is 9.32. The van der Waals surface area contributed by atoms with Gasteiger partial charge in [0.2, 0.25) is 10.0 Å². The van der Waals surface area contributed by atoms with Gasteiger partial charge in [0.05, 0.1) is 7.11 Å². The predicted molar refractivity (Wildman–Crippen MR) is 61.4 cm³/mol. The van der Waals surface area contributed by atoms with Crippen molar-refractivity contribution in [2.24, 2.45) is 0 Å². The molecule has 0 heterocycles. The van der Waals surface area contributed by atoms with E-state index in [1.807, 2.05) is 0 Å². The van der Waals surface area contributed by atoms with Gasteiger partial charge in [0.25, 0.3) is 0 Å². The molecule has 80 valence electrons. The van der Waals surface area contributed by atoms with Gasteiger partial charge in [0, 0.05) is 5.02 Å². The first-order valence-electron chi connectivity index (χ1n) is 3.78. The van der Waals surface area contributed by atoms with Crippen LogP contribution in [0.5, 0.6) is 5.75 Å². The molecule has 15 heavy (non-hydrogen) atoms. The van der Waals surface area contributed by atoms with Crippen molar-refractivity contribution in [3.63, 3.8) is 0 Å². The van der Waals surface area contributed by atoms with Crippen LogP contribution in [0.15, 0.2) is 23.1 Å². The molecular formula is C8H11ClNNaO3S. The molecule has 0 aliphatic rings. The van der Waals surface area contributed by atoms with Crippen LogP contribution in [-0.2, 0) is 10.0 Å². The molecule has 0 atom stereocenters. The number of benzene rings is 1. The van der Waals surface area contributed by atoms with E-state index >= 15 is 0 Å². The zero-order chi connectivity index (χ0) is 10.8. The SMILES string of the molecule is CNS(=O)(=O)c1cc(Cl)ccc1OC.[NaH]. The van der Waals surface area contributed by atoms with Crippen LogP contribution in [0.1, 0.15) is 0 Å². The molecule has 0 amide bonds. The monoisotopic (exact) mass is 259 g/mol. The first kappa shape index (κ1) is 15.2. The van der Waals surface area contributed by atoms with Crippen molar-refractivity contribution >= 4 is 51.2 Å². The number of rotatable bonds is 3. The van der Waals surface area contributed by atoms with E-state index in [4.69, 9.17) is 16.3 Å². The summed E-state index contributed by atoms with van der Waals surface area (Å²) in [5.74, 6) is 0.267. The topological polar surface area (TPSA) is 55.4 Å². The second-order valence-corrected chi connectivity index (χ2v) is 4.79. The van der Waals surface area contributed by atoms with Gasteiger partial charge in [-0.05, 0) is 25.2 Å². The van der Waals surface area contributed by atoms with Crippen LogP contribution in [0.3, 0.4) is 0 Å². The van der Waals surface area contributed by atoms with Crippen molar-refractivity contribution in [3.05, 3.63) is 23.2 Å². The van der Waals surface area contributed by atoms with Gasteiger partial charge in [0.15, 0.2) is 0 Å². The molecule has 1 N–H and O–H groups in total. The fraction of sp³-hybridized carbons (Fsp3) is 0.250. The Morgan fingerprint density at radius 3 is 2.47 bits per heavy atom. The van der Waals surface area contributed by atoms with E-state index in [0.29, 0.717) is 5.02 Å². The van der Waals surface area contributed by atoms with Gasteiger partial charge in [-0.3, -0.25) is 0 Å². The molecule has 0 saturated heterocycles. The summed E-state index contributed by atoms with van der Waals surface area (Å²) in [6.45, 7) is 0. The Hall–Kier alpha value is 0.220. The van der Waals surface area contributed by atoms with Gasteiger partial charge in [0.1, 0.15) is 10.6 Å². The quantitative estimate of drug-likeness (QED) is 0.809. The van der Waals surface area contributed by atoms with E-state index in [0.717, 1.165) is 0 Å².